The second-order valence-corrected chi connectivity index (χ2v) is 5.33. The largest absolute Gasteiger partial charge is 0.497 e. The van der Waals surface area contributed by atoms with Crippen molar-refractivity contribution in [2.24, 2.45) is 0 Å². The summed E-state index contributed by atoms with van der Waals surface area (Å²) >= 11 is 5.99. The van der Waals surface area contributed by atoms with E-state index < -0.39 is 0 Å². The van der Waals surface area contributed by atoms with Crippen molar-refractivity contribution < 1.29 is 14.3 Å². The number of carbonyl (C=O) groups excluding carboxylic acids is 2. The van der Waals surface area contributed by atoms with E-state index in [1.54, 1.807) is 30.1 Å². The lowest BCUT2D eigenvalue weighted by Gasteiger charge is -2.26. The number of nitrogens with zero attached hydrogens (tertiary/aromatic N) is 1. The highest BCUT2D eigenvalue weighted by atomic mass is 35.5. The number of ether oxygens (including phenoxy) is 1. The number of hydrogen-bond donors (Lipinski definition) is 1. The molecule has 0 saturated heterocycles. The van der Waals surface area contributed by atoms with Crippen LogP contribution in [0.5, 0.6) is 5.75 Å². The van der Waals surface area contributed by atoms with Crippen molar-refractivity contribution in [3.8, 4) is 5.75 Å². The van der Waals surface area contributed by atoms with Crippen LogP contribution in [0.2, 0.25) is 5.02 Å². The summed E-state index contributed by atoms with van der Waals surface area (Å²) < 4.78 is 5.12. The lowest BCUT2D eigenvalue weighted by atomic mass is 10.1. The maximum atomic E-state index is 12.6. The van der Waals surface area contributed by atoms with E-state index in [0.717, 1.165) is 0 Å². The molecule has 5 nitrogen and oxygen atoms in total. The van der Waals surface area contributed by atoms with Crippen LogP contribution in [0.25, 0.3) is 0 Å². The molecule has 1 aromatic carbocycles. The molecule has 0 aromatic heterocycles. The highest BCUT2D eigenvalue weighted by molar-refractivity contribution is 6.31. The second kappa shape index (κ2) is 7.88. The average molecular weight is 313 g/mol. The Labute approximate surface area is 130 Å². The minimum Gasteiger partial charge on any atom is -0.497 e. The molecule has 2 amide bonds. The zero-order valence-corrected chi connectivity index (χ0v) is 13.5. The molecule has 0 aliphatic heterocycles. The van der Waals surface area contributed by atoms with Gasteiger partial charge in [-0.2, -0.15) is 0 Å². The second-order valence-electron chi connectivity index (χ2n) is 4.90. The molecule has 0 bridgehead atoms. The Bertz CT molecular complexity index is 518. The summed E-state index contributed by atoms with van der Waals surface area (Å²) in [5.74, 6) is 0.257. The lowest BCUT2D eigenvalue weighted by molar-refractivity contribution is -0.120. The summed E-state index contributed by atoms with van der Waals surface area (Å²) in [7, 11) is 3.09. The number of hydrogen-bond acceptors (Lipinski definition) is 3. The summed E-state index contributed by atoms with van der Waals surface area (Å²) in [4.78, 5) is 25.6. The van der Waals surface area contributed by atoms with Crippen LogP contribution in [-0.2, 0) is 4.79 Å². The normalized spacial score (nSPS) is 10.4. The summed E-state index contributed by atoms with van der Waals surface area (Å²) in [6.07, 6.45) is 0.262. The molecule has 0 unspecified atom stereocenters. The van der Waals surface area contributed by atoms with Crippen molar-refractivity contribution in [3.05, 3.63) is 28.8 Å². The Kier molecular flexibility index (Phi) is 6.49. The zero-order chi connectivity index (χ0) is 16.0. The summed E-state index contributed by atoms with van der Waals surface area (Å²) in [5.41, 5.74) is 0.449. The Hall–Kier alpha value is -1.75. The number of halogens is 1. The van der Waals surface area contributed by atoms with Gasteiger partial charge in [-0.25, -0.2) is 0 Å². The van der Waals surface area contributed by atoms with Crippen LogP contribution in [0.4, 0.5) is 0 Å². The molecule has 0 radical (unpaired) electrons. The maximum absolute atomic E-state index is 12.6. The van der Waals surface area contributed by atoms with Crippen LogP contribution in [0.3, 0.4) is 0 Å². The van der Waals surface area contributed by atoms with Gasteiger partial charge in [0.1, 0.15) is 5.75 Å². The van der Waals surface area contributed by atoms with Crippen molar-refractivity contribution >= 4 is 23.4 Å². The molecule has 0 saturated carbocycles. The van der Waals surface area contributed by atoms with E-state index in [4.69, 9.17) is 16.3 Å². The van der Waals surface area contributed by atoms with Crippen molar-refractivity contribution in [2.45, 2.75) is 26.3 Å². The maximum Gasteiger partial charge on any atom is 0.254 e. The molecule has 21 heavy (non-hydrogen) atoms. The number of rotatable bonds is 6. The van der Waals surface area contributed by atoms with Gasteiger partial charge < -0.3 is 15.0 Å². The average Bonchev–Trinajstić information content (AvgIpc) is 2.45. The molecule has 0 fully saturated rings. The number of benzene rings is 1. The van der Waals surface area contributed by atoms with Gasteiger partial charge in [0, 0.05) is 36.6 Å². The van der Waals surface area contributed by atoms with E-state index in [1.807, 2.05) is 13.8 Å². The van der Waals surface area contributed by atoms with Gasteiger partial charge in [-0.15, -0.1) is 0 Å². The first-order chi connectivity index (χ1) is 9.88. The minimum atomic E-state index is -0.172. The number of carbonyl (C=O) groups is 2. The molecule has 1 aromatic rings. The fourth-order valence-corrected chi connectivity index (χ4v) is 2.14. The molecular formula is C15H21ClN2O3. The smallest absolute Gasteiger partial charge is 0.254 e. The molecule has 0 aliphatic carbocycles. The van der Waals surface area contributed by atoms with Crippen molar-refractivity contribution in [2.75, 3.05) is 20.7 Å². The van der Waals surface area contributed by atoms with Crippen molar-refractivity contribution in [1.29, 1.82) is 0 Å². The van der Waals surface area contributed by atoms with Gasteiger partial charge in [-0.3, -0.25) is 9.59 Å². The predicted molar refractivity (Wildman–Crippen MR) is 82.9 cm³/mol. The summed E-state index contributed by atoms with van der Waals surface area (Å²) in [6.45, 7) is 4.16. The molecule has 1 N–H and O–H groups in total. The van der Waals surface area contributed by atoms with Crippen LogP contribution in [0.15, 0.2) is 18.2 Å². The highest BCUT2D eigenvalue weighted by Gasteiger charge is 2.20. The van der Waals surface area contributed by atoms with E-state index >= 15 is 0 Å². The van der Waals surface area contributed by atoms with Gasteiger partial charge in [-0.1, -0.05) is 11.6 Å². The highest BCUT2D eigenvalue weighted by Crippen LogP contribution is 2.22. The molecule has 0 atom stereocenters. The molecule has 6 heteroatoms. The predicted octanol–water partition coefficient (Wildman–Crippen LogP) is 2.34. The van der Waals surface area contributed by atoms with Crippen molar-refractivity contribution in [3.63, 3.8) is 0 Å². The van der Waals surface area contributed by atoms with Crippen LogP contribution < -0.4 is 10.1 Å². The Morgan fingerprint density at radius 2 is 2.00 bits per heavy atom. The van der Waals surface area contributed by atoms with Gasteiger partial charge in [0.2, 0.25) is 5.91 Å². The van der Waals surface area contributed by atoms with E-state index in [9.17, 15) is 9.59 Å². The van der Waals surface area contributed by atoms with E-state index in [0.29, 0.717) is 22.9 Å². The number of methoxy groups -OCH3 is 1. The van der Waals surface area contributed by atoms with Crippen molar-refractivity contribution in [1.82, 2.24) is 10.2 Å². The van der Waals surface area contributed by atoms with Gasteiger partial charge in [0.25, 0.3) is 5.91 Å². The Morgan fingerprint density at radius 1 is 1.33 bits per heavy atom. The fourth-order valence-electron chi connectivity index (χ4n) is 1.91. The van der Waals surface area contributed by atoms with Crippen LogP contribution in [0.1, 0.15) is 30.6 Å². The van der Waals surface area contributed by atoms with Gasteiger partial charge in [-0.05, 0) is 32.0 Å². The zero-order valence-electron chi connectivity index (χ0n) is 12.8. The Balaban J connectivity index is 2.95. The van der Waals surface area contributed by atoms with Gasteiger partial charge >= 0.3 is 0 Å². The Morgan fingerprint density at radius 3 is 2.52 bits per heavy atom. The summed E-state index contributed by atoms with van der Waals surface area (Å²) in [5, 5.41) is 2.98. The minimum absolute atomic E-state index is 0.0212. The molecule has 0 aliphatic rings. The molecule has 0 heterocycles. The van der Waals surface area contributed by atoms with E-state index in [2.05, 4.69) is 5.32 Å². The number of nitrogens with one attached hydrogen (secondary N) is 1. The SMILES string of the molecule is CNC(=O)CCN(C(=O)c1cc(Cl)cc(OC)c1)C(C)C. The standard InChI is InChI=1S/C15H21ClN2O3/c1-10(2)18(6-5-14(19)17-3)15(20)11-7-12(16)9-13(8-11)21-4/h7-10H,5-6H2,1-4H3,(H,17,19). The quantitative estimate of drug-likeness (QED) is 0.877. The topological polar surface area (TPSA) is 58.6 Å². The van der Waals surface area contributed by atoms with Gasteiger partial charge in [0.05, 0.1) is 7.11 Å². The first kappa shape index (κ1) is 17.3. The first-order valence-corrected chi connectivity index (χ1v) is 7.13. The first-order valence-electron chi connectivity index (χ1n) is 6.75. The lowest BCUT2D eigenvalue weighted by Crippen LogP contribution is -2.39. The molecule has 116 valence electrons. The summed E-state index contributed by atoms with van der Waals surface area (Å²) in [6, 6.07) is 4.86. The van der Waals surface area contributed by atoms with Crippen LogP contribution >= 0.6 is 11.6 Å². The third-order valence-corrected chi connectivity index (χ3v) is 3.31. The number of amides is 2. The van der Waals surface area contributed by atoms with E-state index in [1.165, 1.54) is 7.11 Å². The molecule has 1 rings (SSSR count). The monoisotopic (exact) mass is 312 g/mol. The third-order valence-electron chi connectivity index (χ3n) is 3.10. The third kappa shape index (κ3) is 4.93. The molecular weight excluding hydrogens is 292 g/mol. The molecule has 0 spiro atoms. The van der Waals surface area contributed by atoms with Crippen LogP contribution in [0, 0.1) is 0 Å². The van der Waals surface area contributed by atoms with E-state index in [-0.39, 0.29) is 24.3 Å². The fraction of sp³-hybridized carbons (Fsp3) is 0.467. The van der Waals surface area contributed by atoms with Crippen LogP contribution in [-0.4, -0.2) is 43.5 Å². The van der Waals surface area contributed by atoms with Gasteiger partial charge in [0.15, 0.2) is 0 Å².